The minimum Gasteiger partial charge on any atom is -0.490 e. The molecule has 122 valence electrons. The number of fused-ring (bicyclic) bond motifs is 1. The molecule has 1 aromatic carbocycles. The predicted octanol–water partition coefficient (Wildman–Crippen LogP) is 3.42. The monoisotopic (exact) mass is 331 g/mol. The fourth-order valence-electron chi connectivity index (χ4n) is 2.97. The van der Waals surface area contributed by atoms with E-state index in [9.17, 15) is 9.00 Å². The van der Waals surface area contributed by atoms with Crippen LogP contribution in [0, 0.1) is 6.92 Å². The van der Waals surface area contributed by atoms with Gasteiger partial charge >= 0.3 is 0 Å². The average Bonchev–Trinajstić information content (AvgIpc) is 2.48. The van der Waals surface area contributed by atoms with E-state index in [2.05, 4.69) is 4.98 Å². The standard InChI is InChI=1S/C18H21NO3S/c1-4-23(21)14-8-13(9-14)22-18-6-5-15(12(3)20)16-7-11(2)19-10-17(16)18/h5-7,10,13-14H,4,8-9H2,1-3H3. The van der Waals surface area contributed by atoms with Crippen molar-refractivity contribution in [1.29, 1.82) is 0 Å². The van der Waals surface area contributed by atoms with Gasteiger partial charge in [0, 0.05) is 44.6 Å². The average molecular weight is 331 g/mol. The Balaban J connectivity index is 1.87. The quantitative estimate of drug-likeness (QED) is 0.788. The highest BCUT2D eigenvalue weighted by Crippen LogP contribution is 2.34. The molecule has 1 aliphatic carbocycles. The second-order valence-corrected chi connectivity index (χ2v) is 8.05. The van der Waals surface area contributed by atoms with Crippen LogP contribution in [0.3, 0.4) is 0 Å². The number of carbonyl (C=O) groups is 1. The van der Waals surface area contributed by atoms with Crippen LogP contribution in [0.2, 0.25) is 0 Å². The molecule has 3 rings (SSSR count). The zero-order chi connectivity index (χ0) is 16.6. The van der Waals surface area contributed by atoms with Gasteiger partial charge in [0.2, 0.25) is 0 Å². The lowest BCUT2D eigenvalue weighted by Gasteiger charge is -2.34. The van der Waals surface area contributed by atoms with Crippen molar-refractivity contribution in [2.75, 3.05) is 5.75 Å². The number of hydrogen-bond donors (Lipinski definition) is 0. The highest BCUT2D eigenvalue weighted by atomic mass is 32.2. The van der Waals surface area contributed by atoms with Gasteiger partial charge in [-0.05, 0) is 50.3 Å². The van der Waals surface area contributed by atoms with E-state index in [0.29, 0.717) is 11.3 Å². The minimum absolute atomic E-state index is 0.0363. The molecule has 0 aliphatic heterocycles. The molecule has 0 N–H and O–H groups in total. The first-order valence-corrected chi connectivity index (χ1v) is 9.32. The molecule has 1 saturated carbocycles. The molecule has 1 aromatic heterocycles. The van der Waals surface area contributed by atoms with Crippen molar-refractivity contribution >= 4 is 27.4 Å². The molecule has 2 aromatic rings. The summed E-state index contributed by atoms with van der Waals surface area (Å²) in [5, 5.41) is 2.01. The fourth-order valence-corrected chi connectivity index (χ4v) is 4.30. The van der Waals surface area contributed by atoms with Gasteiger partial charge < -0.3 is 4.74 Å². The number of Topliss-reactive ketones (excluding diaryl/α,β-unsaturated/α-hetero) is 1. The van der Waals surface area contributed by atoms with E-state index in [1.807, 2.05) is 32.0 Å². The maximum Gasteiger partial charge on any atom is 0.160 e. The Kier molecular flexibility index (Phi) is 4.48. The van der Waals surface area contributed by atoms with Crippen LogP contribution in [0.1, 0.15) is 42.7 Å². The van der Waals surface area contributed by atoms with Crippen molar-refractivity contribution < 1.29 is 13.7 Å². The summed E-state index contributed by atoms with van der Waals surface area (Å²) in [5.74, 6) is 1.49. The summed E-state index contributed by atoms with van der Waals surface area (Å²) in [6, 6.07) is 5.59. The molecule has 4 nitrogen and oxygen atoms in total. The van der Waals surface area contributed by atoms with Gasteiger partial charge in [-0.15, -0.1) is 0 Å². The van der Waals surface area contributed by atoms with Crippen molar-refractivity contribution in [3.8, 4) is 5.75 Å². The third-order valence-corrected chi connectivity index (χ3v) is 6.08. The SMILES string of the molecule is CCS(=O)C1CC(Oc2ccc(C(C)=O)c3cc(C)ncc23)C1. The van der Waals surface area contributed by atoms with E-state index < -0.39 is 10.8 Å². The number of rotatable bonds is 5. The van der Waals surface area contributed by atoms with Crippen LogP contribution in [0.25, 0.3) is 10.8 Å². The third-order valence-electron chi connectivity index (χ3n) is 4.38. The second kappa shape index (κ2) is 6.40. The number of nitrogens with zero attached hydrogens (tertiary/aromatic N) is 1. The Morgan fingerprint density at radius 3 is 2.74 bits per heavy atom. The zero-order valence-corrected chi connectivity index (χ0v) is 14.5. The Bertz CT molecular complexity index is 781. The molecule has 1 heterocycles. The second-order valence-electron chi connectivity index (χ2n) is 6.04. The predicted molar refractivity (Wildman–Crippen MR) is 92.6 cm³/mol. The van der Waals surface area contributed by atoms with Gasteiger partial charge in [-0.3, -0.25) is 14.0 Å². The van der Waals surface area contributed by atoms with E-state index in [-0.39, 0.29) is 17.1 Å². The van der Waals surface area contributed by atoms with E-state index in [4.69, 9.17) is 4.74 Å². The van der Waals surface area contributed by atoms with Crippen LogP contribution in [0.15, 0.2) is 24.4 Å². The summed E-state index contributed by atoms with van der Waals surface area (Å²) in [6.45, 7) is 5.43. The van der Waals surface area contributed by atoms with Crippen LogP contribution in [-0.2, 0) is 10.8 Å². The largest absolute Gasteiger partial charge is 0.490 e. The number of benzene rings is 1. The molecule has 0 amide bonds. The van der Waals surface area contributed by atoms with Crippen LogP contribution in [0.5, 0.6) is 5.75 Å². The summed E-state index contributed by atoms with van der Waals surface area (Å²) >= 11 is 0. The normalized spacial score (nSPS) is 21.7. The summed E-state index contributed by atoms with van der Waals surface area (Å²) in [7, 11) is -0.741. The molecular weight excluding hydrogens is 310 g/mol. The molecule has 1 aliphatic rings. The summed E-state index contributed by atoms with van der Waals surface area (Å²) in [5.41, 5.74) is 1.57. The van der Waals surface area contributed by atoms with Crippen LogP contribution in [-0.4, -0.2) is 32.1 Å². The van der Waals surface area contributed by atoms with Crippen molar-refractivity contribution in [2.45, 2.75) is 45.0 Å². The smallest absolute Gasteiger partial charge is 0.160 e. The minimum atomic E-state index is -0.741. The topological polar surface area (TPSA) is 56.3 Å². The number of aromatic nitrogens is 1. The molecule has 0 radical (unpaired) electrons. The number of ether oxygens (including phenoxy) is 1. The number of carbonyl (C=O) groups excluding carboxylic acids is 1. The van der Waals surface area contributed by atoms with Gasteiger partial charge in [0.15, 0.2) is 5.78 Å². The maximum absolute atomic E-state index is 11.8. The van der Waals surface area contributed by atoms with Gasteiger partial charge in [-0.1, -0.05) is 6.92 Å². The van der Waals surface area contributed by atoms with E-state index >= 15 is 0 Å². The molecule has 1 unspecified atom stereocenters. The Morgan fingerprint density at radius 2 is 2.09 bits per heavy atom. The van der Waals surface area contributed by atoms with Crippen LogP contribution < -0.4 is 4.74 Å². The molecular formula is C18H21NO3S. The maximum atomic E-state index is 11.8. The van der Waals surface area contributed by atoms with E-state index in [1.54, 1.807) is 13.1 Å². The molecule has 1 atom stereocenters. The zero-order valence-electron chi connectivity index (χ0n) is 13.7. The molecule has 5 heteroatoms. The third kappa shape index (κ3) is 3.15. The molecule has 1 fully saturated rings. The molecule has 0 spiro atoms. The van der Waals surface area contributed by atoms with E-state index in [1.165, 1.54) is 0 Å². The first-order valence-electron chi connectivity index (χ1n) is 7.93. The number of aryl methyl sites for hydroxylation is 1. The highest BCUT2D eigenvalue weighted by molar-refractivity contribution is 7.85. The van der Waals surface area contributed by atoms with Crippen LogP contribution in [0.4, 0.5) is 0 Å². The molecule has 23 heavy (non-hydrogen) atoms. The number of pyridine rings is 1. The summed E-state index contributed by atoms with van der Waals surface area (Å²) < 4.78 is 17.8. The Hall–Kier alpha value is -1.75. The first-order chi connectivity index (χ1) is 11.0. The van der Waals surface area contributed by atoms with Gasteiger partial charge in [-0.25, -0.2) is 0 Å². The number of ketones is 1. The van der Waals surface area contributed by atoms with Gasteiger partial charge in [0.05, 0.1) is 0 Å². The summed E-state index contributed by atoms with van der Waals surface area (Å²) in [6.07, 6.45) is 3.53. The van der Waals surface area contributed by atoms with Gasteiger partial charge in [0.1, 0.15) is 11.9 Å². The first kappa shape index (κ1) is 16.1. The number of hydrogen-bond acceptors (Lipinski definition) is 4. The lowest BCUT2D eigenvalue weighted by atomic mass is 9.95. The lowest BCUT2D eigenvalue weighted by molar-refractivity contribution is 0.101. The molecule has 0 bridgehead atoms. The van der Waals surface area contributed by atoms with E-state index in [0.717, 1.165) is 35.1 Å². The molecule has 0 saturated heterocycles. The fraction of sp³-hybridized carbons (Fsp3) is 0.444. The lowest BCUT2D eigenvalue weighted by Crippen LogP contribution is -2.40. The van der Waals surface area contributed by atoms with Crippen molar-refractivity contribution in [3.63, 3.8) is 0 Å². The highest BCUT2D eigenvalue weighted by Gasteiger charge is 2.34. The van der Waals surface area contributed by atoms with Crippen molar-refractivity contribution in [1.82, 2.24) is 4.98 Å². The van der Waals surface area contributed by atoms with Crippen LogP contribution >= 0.6 is 0 Å². The van der Waals surface area contributed by atoms with Crippen molar-refractivity contribution in [2.24, 2.45) is 0 Å². The summed E-state index contributed by atoms with van der Waals surface area (Å²) in [4.78, 5) is 16.2. The Morgan fingerprint density at radius 1 is 1.35 bits per heavy atom. The van der Waals surface area contributed by atoms with Gasteiger partial charge in [-0.2, -0.15) is 0 Å². The Labute approximate surface area is 138 Å². The van der Waals surface area contributed by atoms with Gasteiger partial charge in [0.25, 0.3) is 0 Å². The van der Waals surface area contributed by atoms with Crippen molar-refractivity contribution in [3.05, 3.63) is 35.7 Å².